The minimum absolute atomic E-state index is 0.215. The van der Waals surface area contributed by atoms with Gasteiger partial charge in [-0.2, -0.15) is 0 Å². The van der Waals surface area contributed by atoms with E-state index in [9.17, 15) is 9.59 Å². The summed E-state index contributed by atoms with van der Waals surface area (Å²) in [5, 5.41) is 4.97. The Morgan fingerprint density at radius 2 is 1.96 bits per heavy atom. The maximum atomic E-state index is 12.8. The Balaban J connectivity index is 1.98. The van der Waals surface area contributed by atoms with Gasteiger partial charge in [-0.15, -0.1) is 11.3 Å². The number of carbonyl (C=O) groups excluding carboxylic acids is 2. The monoisotopic (exact) mass is 358 g/mol. The largest absolute Gasteiger partial charge is 0.497 e. The third-order valence-electron chi connectivity index (χ3n) is 3.79. The molecule has 0 fully saturated rings. The maximum absolute atomic E-state index is 12.8. The van der Waals surface area contributed by atoms with Crippen molar-refractivity contribution in [2.75, 3.05) is 32.7 Å². The minimum Gasteiger partial charge on any atom is -0.497 e. The molecule has 0 saturated heterocycles. The molecule has 2 amide bonds. The summed E-state index contributed by atoms with van der Waals surface area (Å²) in [5.74, 6) is -0.000508. The zero-order valence-electron chi connectivity index (χ0n) is 13.9. The first-order valence-corrected chi connectivity index (χ1v) is 8.58. The number of thiophene rings is 1. The summed E-state index contributed by atoms with van der Waals surface area (Å²) in [7, 11) is 3.11. The highest BCUT2D eigenvalue weighted by molar-refractivity contribution is 7.11. The van der Waals surface area contributed by atoms with E-state index in [2.05, 4.69) is 5.32 Å². The van der Waals surface area contributed by atoms with Gasteiger partial charge in [0.2, 0.25) is 0 Å². The number of amides is 2. The third-order valence-corrected chi connectivity index (χ3v) is 4.68. The number of benzene rings is 1. The van der Waals surface area contributed by atoms with Crippen LogP contribution < -0.4 is 10.1 Å². The fraction of sp³-hybridized carbons (Fsp3) is 0.222. The Hall–Kier alpha value is -2.64. The molecule has 2 heterocycles. The van der Waals surface area contributed by atoms with Crippen LogP contribution in [0.2, 0.25) is 0 Å². The molecule has 130 valence electrons. The number of hydrogen-bond acceptors (Lipinski definition) is 6. The summed E-state index contributed by atoms with van der Waals surface area (Å²) in [6.45, 7) is 0.508. The summed E-state index contributed by atoms with van der Waals surface area (Å²) < 4.78 is 10.2. The number of rotatable bonds is 7. The quantitative estimate of drug-likeness (QED) is 0.771. The molecule has 0 unspecified atom stereocenters. The Labute approximate surface area is 149 Å². The fourth-order valence-electron chi connectivity index (χ4n) is 2.57. The highest BCUT2D eigenvalue weighted by Crippen LogP contribution is 2.33. The Kier molecular flexibility index (Phi) is 5.16. The molecule has 1 aromatic heterocycles. The van der Waals surface area contributed by atoms with Crippen LogP contribution in [0, 0.1) is 0 Å². The molecule has 1 aromatic carbocycles. The van der Waals surface area contributed by atoms with E-state index in [-0.39, 0.29) is 24.1 Å². The number of ether oxygens (including phenoxy) is 2. The van der Waals surface area contributed by atoms with Crippen LogP contribution in [0.1, 0.15) is 4.88 Å². The average molecular weight is 358 g/mol. The summed E-state index contributed by atoms with van der Waals surface area (Å²) in [6, 6.07) is 10.9. The predicted molar refractivity (Wildman–Crippen MR) is 96.5 cm³/mol. The number of hydrogen-bond donors (Lipinski definition) is 1. The van der Waals surface area contributed by atoms with E-state index in [0.717, 1.165) is 4.88 Å². The summed E-state index contributed by atoms with van der Waals surface area (Å²) in [4.78, 5) is 27.5. The van der Waals surface area contributed by atoms with Crippen LogP contribution in [0.5, 0.6) is 5.75 Å². The van der Waals surface area contributed by atoms with Gasteiger partial charge >= 0.3 is 0 Å². The predicted octanol–water partition coefficient (Wildman–Crippen LogP) is 2.60. The van der Waals surface area contributed by atoms with E-state index in [1.807, 2.05) is 35.7 Å². The molecule has 0 aliphatic carbocycles. The van der Waals surface area contributed by atoms with E-state index in [4.69, 9.17) is 9.47 Å². The molecular weight excluding hydrogens is 340 g/mol. The first-order chi connectivity index (χ1) is 12.2. The molecule has 0 radical (unpaired) electrons. The van der Waals surface area contributed by atoms with Crippen molar-refractivity contribution in [3.8, 4) is 5.75 Å². The van der Waals surface area contributed by atoms with Gasteiger partial charge in [-0.3, -0.25) is 14.5 Å². The van der Waals surface area contributed by atoms with Crippen LogP contribution in [0.4, 0.5) is 5.69 Å². The lowest BCUT2D eigenvalue weighted by molar-refractivity contribution is -0.137. The molecule has 6 nitrogen and oxygen atoms in total. The molecule has 1 aliphatic heterocycles. The molecule has 1 aliphatic rings. The second kappa shape index (κ2) is 7.50. The second-order valence-electron chi connectivity index (χ2n) is 5.34. The normalized spacial score (nSPS) is 14.4. The molecule has 25 heavy (non-hydrogen) atoms. The van der Waals surface area contributed by atoms with E-state index in [1.54, 1.807) is 13.2 Å². The molecule has 0 spiro atoms. The van der Waals surface area contributed by atoms with Crippen molar-refractivity contribution in [3.05, 3.63) is 52.4 Å². The number of nitrogens with zero attached hydrogens (tertiary/aromatic N) is 1. The molecule has 7 heteroatoms. The van der Waals surface area contributed by atoms with Gasteiger partial charge in [0.25, 0.3) is 11.8 Å². The zero-order valence-corrected chi connectivity index (χ0v) is 14.8. The van der Waals surface area contributed by atoms with Gasteiger partial charge in [-0.1, -0.05) is 12.1 Å². The van der Waals surface area contributed by atoms with Crippen LogP contribution in [0.25, 0.3) is 5.57 Å². The van der Waals surface area contributed by atoms with E-state index in [0.29, 0.717) is 23.6 Å². The average Bonchev–Trinajstić information content (AvgIpc) is 3.22. The molecular formula is C18H18N2O4S. The van der Waals surface area contributed by atoms with Crippen molar-refractivity contribution in [1.29, 1.82) is 0 Å². The maximum Gasteiger partial charge on any atom is 0.278 e. The van der Waals surface area contributed by atoms with Crippen LogP contribution in [0.3, 0.4) is 0 Å². The van der Waals surface area contributed by atoms with Crippen molar-refractivity contribution >= 4 is 34.4 Å². The number of methoxy groups -OCH3 is 2. The van der Waals surface area contributed by atoms with Crippen molar-refractivity contribution < 1.29 is 19.1 Å². The molecule has 3 rings (SSSR count). The Bertz CT molecular complexity index is 814. The van der Waals surface area contributed by atoms with Gasteiger partial charge in [0.05, 0.1) is 25.8 Å². The van der Waals surface area contributed by atoms with Gasteiger partial charge in [0.1, 0.15) is 11.4 Å². The molecule has 2 aromatic rings. The molecule has 0 saturated carbocycles. The lowest BCUT2D eigenvalue weighted by Gasteiger charge is -2.14. The summed E-state index contributed by atoms with van der Waals surface area (Å²) in [6.07, 6.45) is 0. The van der Waals surface area contributed by atoms with Gasteiger partial charge in [-0.05, 0) is 23.6 Å². The first kappa shape index (κ1) is 17.2. The van der Waals surface area contributed by atoms with Crippen LogP contribution >= 0.6 is 11.3 Å². The van der Waals surface area contributed by atoms with Crippen LogP contribution in [0.15, 0.2) is 47.5 Å². The Morgan fingerprint density at radius 3 is 2.64 bits per heavy atom. The minimum atomic E-state index is -0.353. The number of imide groups is 1. The van der Waals surface area contributed by atoms with Crippen molar-refractivity contribution in [1.82, 2.24) is 4.90 Å². The molecule has 1 N–H and O–H groups in total. The van der Waals surface area contributed by atoms with Gasteiger partial charge < -0.3 is 14.8 Å². The highest BCUT2D eigenvalue weighted by Gasteiger charge is 2.39. The topological polar surface area (TPSA) is 67.9 Å². The van der Waals surface area contributed by atoms with Gasteiger partial charge in [0.15, 0.2) is 0 Å². The summed E-state index contributed by atoms with van der Waals surface area (Å²) >= 11 is 1.42. The van der Waals surface area contributed by atoms with Crippen LogP contribution in [-0.4, -0.2) is 44.1 Å². The number of nitrogens with one attached hydrogen (secondary N) is 1. The number of carbonyl (C=O) groups is 2. The van der Waals surface area contributed by atoms with E-state index < -0.39 is 0 Å². The zero-order chi connectivity index (χ0) is 17.8. The lowest BCUT2D eigenvalue weighted by Crippen LogP contribution is -2.35. The first-order valence-electron chi connectivity index (χ1n) is 7.70. The highest BCUT2D eigenvalue weighted by atomic mass is 32.1. The fourth-order valence-corrected chi connectivity index (χ4v) is 3.34. The van der Waals surface area contributed by atoms with Crippen molar-refractivity contribution in [3.63, 3.8) is 0 Å². The Morgan fingerprint density at radius 1 is 1.12 bits per heavy atom. The third kappa shape index (κ3) is 3.42. The van der Waals surface area contributed by atoms with Crippen molar-refractivity contribution in [2.45, 2.75) is 0 Å². The van der Waals surface area contributed by atoms with E-state index >= 15 is 0 Å². The van der Waals surface area contributed by atoms with Gasteiger partial charge in [-0.25, -0.2) is 0 Å². The van der Waals surface area contributed by atoms with E-state index in [1.165, 1.54) is 23.3 Å². The molecule has 0 bridgehead atoms. The second-order valence-corrected chi connectivity index (χ2v) is 6.29. The SMILES string of the molecule is COCCN1C(=O)C(Nc2cccc(OC)c2)=C(c2cccs2)C1=O. The van der Waals surface area contributed by atoms with Crippen LogP contribution in [-0.2, 0) is 14.3 Å². The van der Waals surface area contributed by atoms with Crippen molar-refractivity contribution in [2.24, 2.45) is 0 Å². The number of anilines is 1. The molecule has 0 atom stereocenters. The summed E-state index contributed by atoms with van der Waals surface area (Å²) in [5.41, 5.74) is 1.34. The standard InChI is InChI=1S/C18H18N2O4S/c1-23-9-8-20-17(21)15(14-7-4-10-25-14)16(18(20)22)19-12-5-3-6-13(11-12)24-2/h3-7,10-11,19H,8-9H2,1-2H3. The smallest absolute Gasteiger partial charge is 0.278 e. The lowest BCUT2D eigenvalue weighted by atomic mass is 10.2. The van der Waals surface area contributed by atoms with Gasteiger partial charge in [0, 0.05) is 23.7 Å².